The first kappa shape index (κ1) is 18.6. The lowest BCUT2D eigenvalue weighted by atomic mass is 10.1. The van der Waals surface area contributed by atoms with Crippen LogP contribution in [0.4, 0.5) is 0 Å². The van der Waals surface area contributed by atoms with Crippen LogP contribution in [0, 0.1) is 13.8 Å². The lowest BCUT2D eigenvalue weighted by molar-refractivity contribution is -0.123. The predicted molar refractivity (Wildman–Crippen MR) is 97.5 cm³/mol. The molecular weight excluding hydrogens is 318 g/mol. The first-order valence-electron chi connectivity index (χ1n) is 8.25. The molecule has 5 heteroatoms. The summed E-state index contributed by atoms with van der Waals surface area (Å²) in [7, 11) is 1.62. The summed E-state index contributed by atoms with van der Waals surface area (Å²) >= 11 is 0. The first-order chi connectivity index (χ1) is 12.0. The highest BCUT2D eigenvalue weighted by atomic mass is 16.5. The van der Waals surface area contributed by atoms with Gasteiger partial charge in [-0.3, -0.25) is 4.79 Å². The van der Waals surface area contributed by atoms with Gasteiger partial charge in [-0.2, -0.15) is 0 Å². The average Bonchev–Trinajstić information content (AvgIpc) is 2.61. The molecule has 0 fully saturated rings. The van der Waals surface area contributed by atoms with E-state index in [-0.39, 0.29) is 18.6 Å². The standard InChI is InChI=1S/C20H25NO4/c1-14-6-5-7-19(16(14)3)25-13-20(22)21-15(2)12-24-18-10-8-17(23-4)9-11-18/h5-11,15H,12-13H2,1-4H3,(H,21,22)/t15-/m1/s1. The molecule has 0 aliphatic heterocycles. The third-order valence-electron chi connectivity index (χ3n) is 3.88. The summed E-state index contributed by atoms with van der Waals surface area (Å²) < 4.78 is 16.4. The molecular formula is C20H25NO4. The fourth-order valence-corrected chi connectivity index (χ4v) is 2.28. The monoisotopic (exact) mass is 343 g/mol. The van der Waals surface area contributed by atoms with Crippen molar-refractivity contribution in [2.75, 3.05) is 20.3 Å². The van der Waals surface area contributed by atoms with Crippen LogP contribution in [0.25, 0.3) is 0 Å². The predicted octanol–water partition coefficient (Wildman–Crippen LogP) is 3.27. The van der Waals surface area contributed by atoms with Gasteiger partial charge in [-0.05, 0) is 62.2 Å². The summed E-state index contributed by atoms with van der Waals surface area (Å²) in [5.41, 5.74) is 2.19. The van der Waals surface area contributed by atoms with E-state index >= 15 is 0 Å². The van der Waals surface area contributed by atoms with E-state index in [0.717, 1.165) is 28.4 Å². The number of aryl methyl sites for hydroxylation is 1. The van der Waals surface area contributed by atoms with Crippen molar-refractivity contribution in [3.63, 3.8) is 0 Å². The van der Waals surface area contributed by atoms with E-state index in [1.807, 2.05) is 63.2 Å². The average molecular weight is 343 g/mol. The van der Waals surface area contributed by atoms with Gasteiger partial charge in [0.05, 0.1) is 13.2 Å². The molecule has 0 spiro atoms. The van der Waals surface area contributed by atoms with Gasteiger partial charge in [0.15, 0.2) is 6.61 Å². The lowest BCUT2D eigenvalue weighted by Gasteiger charge is -2.16. The molecule has 2 aromatic rings. The van der Waals surface area contributed by atoms with E-state index < -0.39 is 0 Å². The third kappa shape index (κ3) is 5.71. The molecule has 0 aliphatic carbocycles. The lowest BCUT2D eigenvalue weighted by Crippen LogP contribution is -2.39. The van der Waals surface area contributed by atoms with Gasteiger partial charge in [0, 0.05) is 0 Å². The molecule has 0 saturated carbocycles. The van der Waals surface area contributed by atoms with Gasteiger partial charge in [-0.25, -0.2) is 0 Å². The minimum atomic E-state index is -0.174. The number of carbonyl (C=O) groups is 1. The van der Waals surface area contributed by atoms with Crippen LogP contribution in [0.1, 0.15) is 18.1 Å². The Hall–Kier alpha value is -2.69. The summed E-state index contributed by atoms with van der Waals surface area (Å²) in [6, 6.07) is 13.0. The largest absolute Gasteiger partial charge is 0.497 e. The normalized spacial score (nSPS) is 11.5. The molecule has 1 amide bonds. The van der Waals surface area contributed by atoms with Gasteiger partial charge >= 0.3 is 0 Å². The van der Waals surface area contributed by atoms with Gasteiger partial charge in [0.25, 0.3) is 5.91 Å². The topological polar surface area (TPSA) is 56.8 Å². The number of hydrogen-bond donors (Lipinski definition) is 1. The molecule has 0 aliphatic rings. The van der Waals surface area contributed by atoms with Gasteiger partial charge in [-0.1, -0.05) is 12.1 Å². The van der Waals surface area contributed by atoms with Crippen molar-refractivity contribution in [1.82, 2.24) is 5.32 Å². The van der Waals surface area contributed by atoms with Gasteiger partial charge < -0.3 is 19.5 Å². The summed E-state index contributed by atoms with van der Waals surface area (Å²) in [6.45, 7) is 6.24. The molecule has 1 N–H and O–H groups in total. The number of ether oxygens (including phenoxy) is 3. The Morgan fingerprint density at radius 3 is 2.40 bits per heavy atom. The molecule has 0 saturated heterocycles. The van der Waals surface area contributed by atoms with Crippen LogP contribution >= 0.6 is 0 Å². The Balaban J connectivity index is 1.74. The van der Waals surface area contributed by atoms with Crippen LogP contribution in [0.2, 0.25) is 0 Å². The molecule has 0 radical (unpaired) electrons. The fourth-order valence-electron chi connectivity index (χ4n) is 2.28. The number of carbonyl (C=O) groups excluding carboxylic acids is 1. The van der Waals surface area contributed by atoms with Crippen LogP contribution in [0.3, 0.4) is 0 Å². The molecule has 0 heterocycles. The molecule has 0 unspecified atom stereocenters. The maximum absolute atomic E-state index is 12.0. The first-order valence-corrected chi connectivity index (χ1v) is 8.25. The molecule has 2 aromatic carbocycles. The Bertz CT molecular complexity index is 697. The summed E-state index contributed by atoms with van der Waals surface area (Å²) in [4.78, 5) is 12.0. The summed E-state index contributed by atoms with van der Waals surface area (Å²) in [6.07, 6.45) is 0. The number of nitrogens with one attached hydrogen (secondary N) is 1. The Morgan fingerprint density at radius 2 is 1.72 bits per heavy atom. The SMILES string of the molecule is COc1ccc(OC[C@@H](C)NC(=O)COc2cccc(C)c2C)cc1. The molecule has 0 bridgehead atoms. The molecule has 134 valence electrons. The zero-order chi connectivity index (χ0) is 18.2. The van der Waals surface area contributed by atoms with Crippen LogP contribution in [-0.2, 0) is 4.79 Å². The van der Waals surface area contributed by atoms with E-state index in [4.69, 9.17) is 14.2 Å². The Labute approximate surface area is 148 Å². The van der Waals surface area contributed by atoms with Crippen molar-refractivity contribution < 1.29 is 19.0 Å². The highest BCUT2D eigenvalue weighted by Gasteiger charge is 2.10. The zero-order valence-electron chi connectivity index (χ0n) is 15.2. The molecule has 2 rings (SSSR count). The molecule has 5 nitrogen and oxygen atoms in total. The van der Waals surface area contributed by atoms with Crippen molar-refractivity contribution in [3.8, 4) is 17.2 Å². The van der Waals surface area contributed by atoms with Crippen LogP contribution in [0.15, 0.2) is 42.5 Å². The number of amides is 1. The van der Waals surface area contributed by atoms with Gasteiger partial charge in [0.2, 0.25) is 0 Å². The van der Waals surface area contributed by atoms with E-state index in [1.165, 1.54) is 0 Å². The van der Waals surface area contributed by atoms with Crippen molar-refractivity contribution in [1.29, 1.82) is 0 Å². The van der Waals surface area contributed by atoms with Crippen LogP contribution in [0.5, 0.6) is 17.2 Å². The smallest absolute Gasteiger partial charge is 0.258 e. The van der Waals surface area contributed by atoms with Crippen molar-refractivity contribution in [2.45, 2.75) is 26.8 Å². The quantitative estimate of drug-likeness (QED) is 0.799. The minimum absolute atomic E-state index is 0.0167. The van der Waals surface area contributed by atoms with Crippen LogP contribution in [-0.4, -0.2) is 32.3 Å². The molecule has 0 aromatic heterocycles. The van der Waals surface area contributed by atoms with Crippen molar-refractivity contribution in [2.24, 2.45) is 0 Å². The van der Waals surface area contributed by atoms with E-state index in [2.05, 4.69) is 5.32 Å². The summed E-state index contributed by atoms with van der Waals surface area (Å²) in [5.74, 6) is 2.06. The number of benzene rings is 2. The Morgan fingerprint density at radius 1 is 1.04 bits per heavy atom. The highest BCUT2D eigenvalue weighted by molar-refractivity contribution is 5.77. The number of hydrogen-bond acceptors (Lipinski definition) is 4. The van der Waals surface area contributed by atoms with E-state index in [0.29, 0.717) is 6.61 Å². The second-order valence-electron chi connectivity index (χ2n) is 5.94. The number of methoxy groups -OCH3 is 1. The third-order valence-corrected chi connectivity index (χ3v) is 3.88. The number of rotatable bonds is 8. The zero-order valence-corrected chi connectivity index (χ0v) is 15.2. The second kappa shape index (κ2) is 8.97. The molecule has 25 heavy (non-hydrogen) atoms. The van der Waals surface area contributed by atoms with E-state index in [9.17, 15) is 4.79 Å². The van der Waals surface area contributed by atoms with Crippen LogP contribution < -0.4 is 19.5 Å². The maximum Gasteiger partial charge on any atom is 0.258 e. The van der Waals surface area contributed by atoms with Crippen molar-refractivity contribution >= 4 is 5.91 Å². The van der Waals surface area contributed by atoms with E-state index in [1.54, 1.807) is 7.11 Å². The maximum atomic E-state index is 12.0. The van der Waals surface area contributed by atoms with Gasteiger partial charge in [0.1, 0.15) is 23.9 Å². The second-order valence-corrected chi connectivity index (χ2v) is 5.94. The molecule has 1 atom stereocenters. The Kier molecular flexibility index (Phi) is 6.69. The minimum Gasteiger partial charge on any atom is -0.497 e. The highest BCUT2D eigenvalue weighted by Crippen LogP contribution is 2.20. The summed E-state index contributed by atoms with van der Waals surface area (Å²) in [5, 5.41) is 2.86. The van der Waals surface area contributed by atoms with Crippen molar-refractivity contribution in [3.05, 3.63) is 53.6 Å². The fraction of sp³-hybridized carbons (Fsp3) is 0.350. The van der Waals surface area contributed by atoms with Gasteiger partial charge in [-0.15, -0.1) is 0 Å².